The summed E-state index contributed by atoms with van der Waals surface area (Å²) in [5.41, 5.74) is 6.21. The summed E-state index contributed by atoms with van der Waals surface area (Å²) in [5, 5.41) is 0. The van der Waals surface area contributed by atoms with Gasteiger partial charge in [0.15, 0.2) is 0 Å². The van der Waals surface area contributed by atoms with Crippen LogP contribution in [0.3, 0.4) is 0 Å². The molecule has 0 bridgehead atoms. The molecule has 19 heavy (non-hydrogen) atoms. The van der Waals surface area contributed by atoms with E-state index in [1.165, 1.54) is 25.7 Å². The average Bonchev–Trinajstić information content (AvgIpc) is 3.28. The van der Waals surface area contributed by atoms with E-state index in [0.29, 0.717) is 12.6 Å². The van der Waals surface area contributed by atoms with Gasteiger partial charge in [-0.1, -0.05) is 6.92 Å². The first-order chi connectivity index (χ1) is 9.26. The smallest absolute Gasteiger partial charge is 0.0702 e. The van der Waals surface area contributed by atoms with Gasteiger partial charge in [-0.05, 0) is 44.6 Å². The molecule has 2 rings (SSSR count). The van der Waals surface area contributed by atoms with Gasteiger partial charge in [0.2, 0.25) is 0 Å². The minimum atomic E-state index is 0.0585. The molecular weight excluding hydrogens is 240 g/mol. The summed E-state index contributed by atoms with van der Waals surface area (Å²) in [6.45, 7) is 6.67. The molecule has 4 heteroatoms. The SMILES string of the molecule is CCCOC1CCCN(C(CN)(COC)C2CC2)C1. The van der Waals surface area contributed by atoms with E-state index in [9.17, 15) is 0 Å². The molecule has 0 spiro atoms. The molecule has 4 nitrogen and oxygen atoms in total. The van der Waals surface area contributed by atoms with Gasteiger partial charge in [0, 0.05) is 26.8 Å². The summed E-state index contributed by atoms with van der Waals surface area (Å²) in [6, 6.07) is 0. The lowest BCUT2D eigenvalue weighted by molar-refractivity contribution is -0.0652. The van der Waals surface area contributed by atoms with E-state index in [2.05, 4.69) is 11.8 Å². The minimum Gasteiger partial charge on any atom is -0.383 e. The van der Waals surface area contributed by atoms with Crippen LogP contribution in [0.1, 0.15) is 39.0 Å². The van der Waals surface area contributed by atoms with Crippen LogP contribution in [0.5, 0.6) is 0 Å². The fourth-order valence-electron chi connectivity index (χ4n) is 3.46. The number of nitrogens with two attached hydrogens (primary N) is 1. The number of nitrogens with zero attached hydrogens (tertiary/aromatic N) is 1. The topological polar surface area (TPSA) is 47.7 Å². The lowest BCUT2D eigenvalue weighted by Crippen LogP contribution is -2.62. The highest BCUT2D eigenvalue weighted by atomic mass is 16.5. The summed E-state index contributed by atoms with van der Waals surface area (Å²) in [4.78, 5) is 2.57. The largest absolute Gasteiger partial charge is 0.383 e. The molecule has 1 saturated carbocycles. The molecule has 0 amide bonds. The molecule has 1 aliphatic carbocycles. The predicted molar refractivity (Wildman–Crippen MR) is 77.2 cm³/mol. The Morgan fingerprint density at radius 2 is 2.11 bits per heavy atom. The van der Waals surface area contributed by atoms with Crippen molar-refractivity contribution in [2.45, 2.75) is 50.7 Å². The van der Waals surface area contributed by atoms with Crippen molar-refractivity contribution in [3.8, 4) is 0 Å². The maximum Gasteiger partial charge on any atom is 0.0702 e. The molecule has 2 N–H and O–H groups in total. The van der Waals surface area contributed by atoms with Crippen molar-refractivity contribution in [2.75, 3.05) is 40.0 Å². The van der Waals surface area contributed by atoms with Crippen molar-refractivity contribution in [2.24, 2.45) is 11.7 Å². The number of hydrogen-bond acceptors (Lipinski definition) is 4. The summed E-state index contributed by atoms with van der Waals surface area (Å²) < 4.78 is 11.5. The maximum atomic E-state index is 6.15. The van der Waals surface area contributed by atoms with Crippen LogP contribution < -0.4 is 5.73 Å². The van der Waals surface area contributed by atoms with Crippen LogP contribution in [0, 0.1) is 5.92 Å². The predicted octanol–water partition coefficient (Wildman–Crippen LogP) is 1.63. The molecule has 0 aromatic heterocycles. The first-order valence-corrected chi connectivity index (χ1v) is 7.82. The second kappa shape index (κ2) is 7.02. The van der Waals surface area contributed by atoms with Crippen LogP contribution in [0.25, 0.3) is 0 Å². The Bertz CT molecular complexity index is 271. The highest BCUT2D eigenvalue weighted by Gasteiger charge is 2.49. The number of ether oxygens (including phenoxy) is 2. The van der Waals surface area contributed by atoms with Crippen LogP contribution in [-0.4, -0.2) is 56.5 Å². The number of methoxy groups -OCH3 is 1. The van der Waals surface area contributed by atoms with Gasteiger partial charge in [-0.2, -0.15) is 0 Å². The normalized spacial score (nSPS) is 28.3. The molecule has 2 atom stereocenters. The Kier molecular flexibility index (Phi) is 5.63. The fraction of sp³-hybridized carbons (Fsp3) is 1.00. The van der Waals surface area contributed by atoms with Crippen LogP contribution >= 0.6 is 0 Å². The Hall–Kier alpha value is -0.160. The molecule has 0 aromatic rings. The molecular formula is C15H30N2O2. The van der Waals surface area contributed by atoms with E-state index in [0.717, 1.165) is 38.6 Å². The number of hydrogen-bond donors (Lipinski definition) is 1. The zero-order valence-electron chi connectivity index (χ0n) is 12.6. The van der Waals surface area contributed by atoms with E-state index in [1.54, 1.807) is 7.11 Å². The molecule has 1 heterocycles. The van der Waals surface area contributed by atoms with Crippen LogP contribution in [-0.2, 0) is 9.47 Å². The Balaban J connectivity index is 1.99. The second-order valence-corrected chi connectivity index (χ2v) is 6.10. The minimum absolute atomic E-state index is 0.0585. The van der Waals surface area contributed by atoms with Gasteiger partial charge >= 0.3 is 0 Å². The van der Waals surface area contributed by atoms with Gasteiger partial charge in [0.1, 0.15) is 0 Å². The molecule has 0 aromatic carbocycles. The highest BCUT2D eigenvalue weighted by molar-refractivity contribution is 5.04. The van der Waals surface area contributed by atoms with E-state index in [4.69, 9.17) is 15.2 Å². The molecule has 112 valence electrons. The third kappa shape index (κ3) is 3.48. The molecule has 2 fully saturated rings. The fourth-order valence-corrected chi connectivity index (χ4v) is 3.46. The summed E-state index contributed by atoms with van der Waals surface area (Å²) in [7, 11) is 1.79. The van der Waals surface area contributed by atoms with Gasteiger partial charge in [-0.15, -0.1) is 0 Å². The van der Waals surface area contributed by atoms with Gasteiger partial charge in [0.25, 0.3) is 0 Å². The van der Waals surface area contributed by atoms with Crippen molar-refractivity contribution >= 4 is 0 Å². The number of piperidine rings is 1. The average molecular weight is 270 g/mol. The molecule has 0 radical (unpaired) electrons. The number of likely N-dealkylation sites (tertiary alicyclic amines) is 1. The van der Waals surface area contributed by atoms with Crippen LogP contribution in [0.2, 0.25) is 0 Å². The number of rotatable bonds is 8. The van der Waals surface area contributed by atoms with Crippen molar-refractivity contribution < 1.29 is 9.47 Å². The van der Waals surface area contributed by atoms with Crippen molar-refractivity contribution in [1.82, 2.24) is 4.90 Å². The molecule has 1 aliphatic heterocycles. The quantitative estimate of drug-likeness (QED) is 0.728. The first-order valence-electron chi connectivity index (χ1n) is 7.82. The Morgan fingerprint density at radius 3 is 2.68 bits per heavy atom. The second-order valence-electron chi connectivity index (χ2n) is 6.10. The zero-order chi connectivity index (χ0) is 13.7. The van der Waals surface area contributed by atoms with Gasteiger partial charge in [-0.3, -0.25) is 4.90 Å². The molecule has 1 saturated heterocycles. The Morgan fingerprint density at radius 1 is 1.32 bits per heavy atom. The summed E-state index contributed by atoms with van der Waals surface area (Å²) >= 11 is 0. The molecule has 2 unspecified atom stereocenters. The zero-order valence-corrected chi connectivity index (χ0v) is 12.6. The van der Waals surface area contributed by atoms with E-state index < -0.39 is 0 Å². The highest BCUT2D eigenvalue weighted by Crippen LogP contribution is 2.44. The third-order valence-corrected chi connectivity index (χ3v) is 4.65. The van der Waals surface area contributed by atoms with Crippen LogP contribution in [0.4, 0.5) is 0 Å². The third-order valence-electron chi connectivity index (χ3n) is 4.65. The van der Waals surface area contributed by atoms with Gasteiger partial charge < -0.3 is 15.2 Å². The van der Waals surface area contributed by atoms with Crippen molar-refractivity contribution in [1.29, 1.82) is 0 Å². The lowest BCUT2D eigenvalue weighted by Gasteiger charge is -2.47. The first kappa shape index (κ1) is 15.2. The van der Waals surface area contributed by atoms with E-state index in [-0.39, 0.29) is 5.54 Å². The van der Waals surface area contributed by atoms with Crippen molar-refractivity contribution in [3.05, 3.63) is 0 Å². The maximum absolute atomic E-state index is 6.15. The van der Waals surface area contributed by atoms with E-state index in [1.807, 2.05) is 0 Å². The van der Waals surface area contributed by atoms with Crippen molar-refractivity contribution in [3.63, 3.8) is 0 Å². The molecule has 2 aliphatic rings. The summed E-state index contributed by atoms with van der Waals surface area (Å²) in [5.74, 6) is 0.724. The summed E-state index contributed by atoms with van der Waals surface area (Å²) in [6.07, 6.45) is 6.49. The van der Waals surface area contributed by atoms with E-state index >= 15 is 0 Å². The van der Waals surface area contributed by atoms with Gasteiger partial charge in [-0.25, -0.2) is 0 Å². The standard InChI is InChI=1S/C15H30N2O2/c1-3-9-19-14-5-4-8-17(10-14)15(11-16,12-18-2)13-6-7-13/h13-14H,3-12,16H2,1-2H3. The lowest BCUT2D eigenvalue weighted by atomic mass is 9.89. The Labute approximate surface area is 117 Å². The van der Waals surface area contributed by atoms with Gasteiger partial charge in [0.05, 0.1) is 18.2 Å². The van der Waals surface area contributed by atoms with Crippen LogP contribution in [0.15, 0.2) is 0 Å². The monoisotopic (exact) mass is 270 g/mol.